The van der Waals surface area contributed by atoms with Crippen LogP contribution in [-0.4, -0.2) is 43.2 Å². The lowest BCUT2D eigenvalue weighted by Crippen LogP contribution is -2.40. The average molecular weight is 319 g/mol. The second-order valence-corrected chi connectivity index (χ2v) is 6.52. The largest absolute Gasteiger partial charge is 0.389 e. The molecule has 2 atom stereocenters. The number of likely N-dealkylation sites (tertiary alicyclic amines) is 1. The Morgan fingerprint density at radius 2 is 1.77 bits per heavy atom. The Kier molecular flexibility index (Phi) is 6.38. The fourth-order valence-electron chi connectivity index (χ4n) is 3.63. The summed E-state index contributed by atoms with van der Waals surface area (Å²) < 4.78 is 36.4. The molecule has 6 heteroatoms. The quantitative estimate of drug-likeness (QED) is 0.474. The van der Waals surface area contributed by atoms with Crippen molar-refractivity contribution in [2.45, 2.75) is 58.0 Å². The van der Waals surface area contributed by atoms with Gasteiger partial charge in [-0.25, -0.2) is 0 Å². The Labute approximate surface area is 131 Å². The van der Waals surface area contributed by atoms with Gasteiger partial charge in [-0.2, -0.15) is 13.2 Å². The van der Waals surface area contributed by atoms with E-state index in [1.165, 1.54) is 25.7 Å². The smallest absolute Gasteiger partial charge is 0.357 e. The van der Waals surface area contributed by atoms with Crippen molar-refractivity contribution in [1.29, 1.82) is 0 Å². The van der Waals surface area contributed by atoms with Crippen LogP contribution in [0.4, 0.5) is 13.2 Å². The van der Waals surface area contributed by atoms with Gasteiger partial charge in [0, 0.05) is 32.6 Å². The molecule has 0 radical (unpaired) electrons. The molecule has 0 bridgehead atoms. The molecule has 2 unspecified atom stereocenters. The third-order valence-corrected chi connectivity index (χ3v) is 4.74. The van der Waals surface area contributed by atoms with Gasteiger partial charge in [0.25, 0.3) is 0 Å². The van der Waals surface area contributed by atoms with Crippen LogP contribution in [0.1, 0.15) is 51.9 Å². The number of nitrogens with one attached hydrogen (secondary N) is 1. The van der Waals surface area contributed by atoms with E-state index in [0.29, 0.717) is 13.0 Å². The van der Waals surface area contributed by atoms with Gasteiger partial charge in [0.1, 0.15) is 0 Å². The number of guanidine groups is 1. The topological polar surface area (TPSA) is 27.6 Å². The summed E-state index contributed by atoms with van der Waals surface area (Å²) in [5, 5.41) is 3.30. The van der Waals surface area contributed by atoms with Gasteiger partial charge in [-0.15, -0.1) is 0 Å². The van der Waals surface area contributed by atoms with Crippen LogP contribution in [0.5, 0.6) is 0 Å². The molecule has 1 aliphatic carbocycles. The van der Waals surface area contributed by atoms with Crippen molar-refractivity contribution in [3.63, 3.8) is 0 Å². The number of nitrogens with zero attached hydrogens (tertiary/aromatic N) is 2. The molecule has 0 aromatic heterocycles. The van der Waals surface area contributed by atoms with Crippen LogP contribution in [0.3, 0.4) is 0 Å². The maximum atomic E-state index is 12.1. The minimum atomic E-state index is -4.04. The van der Waals surface area contributed by atoms with Gasteiger partial charge in [-0.3, -0.25) is 4.99 Å². The van der Waals surface area contributed by atoms with Crippen LogP contribution in [-0.2, 0) is 0 Å². The van der Waals surface area contributed by atoms with Crippen LogP contribution in [0.2, 0.25) is 0 Å². The molecule has 2 rings (SSSR count). The second kappa shape index (κ2) is 8.06. The van der Waals surface area contributed by atoms with Gasteiger partial charge in [-0.05, 0) is 44.4 Å². The van der Waals surface area contributed by atoms with Crippen molar-refractivity contribution in [2.75, 3.05) is 26.2 Å². The van der Waals surface area contributed by atoms with E-state index in [2.05, 4.69) is 15.2 Å². The first-order chi connectivity index (χ1) is 10.5. The molecule has 2 aliphatic rings. The predicted octanol–water partition coefficient (Wildman–Crippen LogP) is 3.81. The van der Waals surface area contributed by atoms with Crippen molar-refractivity contribution < 1.29 is 13.2 Å². The molecular weight excluding hydrogens is 291 g/mol. The van der Waals surface area contributed by atoms with Crippen LogP contribution in [0, 0.1) is 11.8 Å². The third kappa shape index (κ3) is 5.36. The normalized spacial score (nSPS) is 26.2. The first-order valence-corrected chi connectivity index (χ1v) is 8.59. The molecule has 1 aliphatic heterocycles. The van der Waals surface area contributed by atoms with Crippen molar-refractivity contribution >= 4 is 5.96 Å². The minimum Gasteiger partial charge on any atom is -0.357 e. The third-order valence-electron chi connectivity index (χ3n) is 4.74. The number of halogens is 3. The van der Waals surface area contributed by atoms with Gasteiger partial charge in [0.15, 0.2) is 5.96 Å². The monoisotopic (exact) mass is 319 g/mol. The summed E-state index contributed by atoms with van der Waals surface area (Å²) in [4.78, 5) is 6.85. The molecule has 1 N–H and O–H groups in total. The van der Waals surface area contributed by atoms with E-state index in [1.54, 1.807) is 0 Å². The van der Waals surface area contributed by atoms with Gasteiger partial charge >= 0.3 is 6.18 Å². The number of hydrogen-bond acceptors (Lipinski definition) is 1. The molecular formula is C16H28F3N3. The van der Waals surface area contributed by atoms with Crippen molar-refractivity contribution in [2.24, 2.45) is 16.8 Å². The van der Waals surface area contributed by atoms with E-state index >= 15 is 0 Å². The highest BCUT2D eigenvalue weighted by molar-refractivity contribution is 5.80. The maximum absolute atomic E-state index is 12.1. The highest BCUT2D eigenvalue weighted by Crippen LogP contribution is 2.35. The standard InChI is InChI=1S/C16H28F3N3/c1-2-20-15(21-10-6-5-9-16(17,18)19)22-11-13-7-3-4-8-14(13)12-22/h13-14H,2-12H2,1H3,(H,20,21). The number of fused-ring (bicyclic) bond motifs is 1. The summed E-state index contributed by atoms with van der Waals surface area (Å²) >= 11 is 0. The van der Waals surface area contributed by atoms with E-state index < -0.39 is 12.6 Å². The molecule has 0 amide bonds. The zero-order valence-corrected chi connectivity index (χ0v) is 13.5. The van der Waals surface area contributed by atoms with E-state index in [4.69, 9.17) is 0 Å². The van der Waals surface area contributed by atoms with Crippen LogP contribution in [0.15, 0.2) is 4.99 Å². The lowest BCUT2D eigenvalue weighted by atomic mass is 9.82. The first-order valence-electron chi connectivity index (χ1n) is 8.59. The van der Waals surface area contributed by atoms with E-state index in [-0.39, 0.29) is 6.42 Å². The molecule has 0 spiro atoms. The zero-order valence-electron chi connectivity index (χ0n) is 13.5. The van der Waals surface area contributed by atoms with Crippen molar-refractivity contribution in [1.82, 2.24) is 10.2 Å². The Morgan fingerprint density at radius 1 is 1.14 bits per heavy atom. The molecule has 3 nitrogen and oxygen atoms in total. The summed E-state index contributed by atoms with van der Waals surface area (Å²) in [6, 6.07) is 0. The highest BCUT2D eigenvalue weighted by atomic mass is 19.4. The van der Waals surface area contributed by atoms with E-state index in [0.717, 1.165) is 37.4 Å². The Balaban J connectivity index is 1.80. The second-order valence-electron chi connectivity index (χ2n) is 6.52. The van der Waals surface area contributed by atoms with Gasteiger partial charge in [0.05, 0.1) is 0 Å². The SMILES string of the molecule is CCNC(=NCCCCC(F)(F)F)N1CC2CCCCC2C1. The van der Waals surface area contributed by atoms with Gasteiger partial charge < -0.3 is 10.2 Å². The first kappa shape index (κ1) is 17.4. The van der Waals surface area contributed by atoms with Crippen LogP contribution >= 0.6 is 0 Å². The molecule has 0 aromatic carbocycles. The van der Waals surface area contributed by atoms with Gasteiger partial charge in [-0.1, -0.05) is 12.8 Å². The molecule has 22 heavy (non-hydrogen) atoms. The van der Waals surface area contributed by atoms with Crippen LogP contribution in [0.25, 0.3) is 0 Å². The summed E-state index contributed by atoms with van der Waals surface area (Å²) in [6.07, 6.45) is 1.21. The Hall–Kier alpha value is -0.940. The predicted molar refractivity (Wildman–Crippen MR) is 82.9 cm³/mol. The van der Waals surface area contributed by atoms with Crippen LogP contribution < -0.4 is 5.32 Å². The number of unbranched alkanes of at least 4 members (excludes halogenated alkanes) is 1. The van der Waals surface area contributed by atoms with Crippen molar-refractivity contribution in [3.05, 3.63) is 0 Å². The maximum Gasteiger partial charge on any atom is 0.389 e. The van der Waals surface area contributed by atoms with Crippen molar-refractivity contribution in [3.8, 4) is 0 Å². The lowest BCUT2D eigenvalue weighted by Gasteiger charge is -2.22. The lowest BCUT2D eigenvalue weighted by molar-refractivity contribution is -0.135. The molecule has 128 valence electrons. The molecule has 2 fully saturated rings. The Bertz CT molecular complexity index is 354. The fraction of sp³-hybridized carbons (Fsp3) is 0.938. The molecule has 1 heterocycles. The fourth-order valence-corrected chi connectivity index (χ4v) is 3.63. The summed E-state index contributed by atoms with van der Waals surface area (Å²) in [6.45, 7) is 5.41. The number of rotatable bonds is 5. The molecule has 0 aromatic rings. The Morgan fingerprint density at radius 3 is 2.32 bits per heavy atom. The summed E-state index contributed by atoms with van der Waals surface area (Å²) in [5.74, 6) is 2.45. The molecule has 1 saturated heterocycles. The highest BCUT2D eigenvalue weighted by Gasteiger charge is 2.35. The number of aliphatic imine (C=N–C) groups is 1. The number of alkyl halides is 3. The molecule has 1 saturated carbocycles. The van der Waals surface area contributed by atoms with E-state index in [1.807, 2.05) is 6.92 Å². The summed E-state index contributed by atoms with van der Waals surface area (Å²) in [7, 11) is 0. The number of hydrogen-bond donors (Lipinski definition) is 1. The van der Waals surface area contributed by atoms with E-state index in [9.17, 15) is 13.2 Å². The average Bonchev–Trinajstić information content (AvgIpc) is 2.88. The zero-order chi connectivity index (χ0) is 16.0. The van der Waals surface area contributed by atoms with Gasteiger partial charge in [0.2, 0.25) is 0 Å². The summed E-state index contributed by atoms with van der Waals surface area (Å²) in [5.41, 5.74) is 0. The minimum absolute atomic E-state index is 0.164.